The Labute approximate surface area is 73.0 Å². The van der Waals surface area contributed by atoms with Crippen LogP contribution in [0.15, 0.2) is 3.92 Å². The number of aromatic nitrogens is 2. The molecule has 0 aromatic carbocycles. The van der Waals surface area contributed by atoms with Crippen molar-refractivity contribution in [3.05, 3.63) is 9.74 Å². The van der Waals surface area contributed by atoms with Crippen LogP contribution in [0.4, 0.5) is 0 Å². The Kier molecular flexibility index (Phi) is 3.28. The van der Waals surface area contributed by atoms with Crippen molar-refractivity contribution >= 4 is 27.5 Å². The summed E-state index contributed by atoms with van der Waals surface area (Å²) in [5, 5.41) is 0. The Bertz CT molecular complexity index is 199. The molecule has 0 unspecified atom stereocenters. The zero-order chi connectivity index (χ0) is 7.40. The Morgan fingerprint density at radius 2 is 2.40 bits per heavy atom. The third kappa shape index (κ3) is 2.34. The lowest BCUT2D eigenvalue weighted by Gasteiger charge is -1.88. The lowest BCUT2D eigenvalue weighted by molar-refractivity contribution is 0.764. The van der Waals surface area contributed by atoms with E-state index in [4.69, 9.17) is 0 Å². The molecule has 0 radical (unpaired) electrons. The summed E-state index contributed by atoms with van der Waals surface area (Å²) in [6.45, 7) is 2.17. The van der Waals surface area contributed by atoms with Crippen molar-refractivity contribution < 1.29 is 0 Å². The molecule has 0 aliphatic rings. The normalized spacial score (nSPS) is 10.2. The topological polar surface area (TPSA) is 25.8 Å². The Morgan fingerprint density at radius 3 is 2.90 bits per heavy atom. The van der Waals surface area contributed by atoms with Crippen LogP contribution < -0.4 is 0 Å². The van der Waals surface area contributed by atoms with Crippen molar-refractivity contribution in [3.8, 4) is 0 Å². The van der Waals surface area contributed by atoms with Gasteiger partial charge in [0.2, 0.25) is 0 Å². The maximum Gasteiger partial charge on any atom is 0.179 e. The number of hydrogen-bond donors (Lipinski definition) is 0. The molecule has 0 saturated carbocycles. The monoisotopic (exact) mass is 220 g/mol. The number of nitrogens with zero attached hydrogens (tertiary/aromatic N) is 2. The molecule has 0 amide bonds. The highest BCUT2D eigenvalue weighted by molar-refractivity contribution is 9.11. The molecule has 1 heterocycles. The van der Waals surface area contributed by atoms with Crippen molar-refractivity contribution in [2.24, 2.45) is 0 Å². The van der Waals surface area contributed by atoms with Gasteiger partial charge < -0.3 is 0 Å². The van der Waals surface area contributed by atoms with E-state index in [9.17, 15) is 0 Å². The van der Waals surface area contributed by atoms with Gasteiger partial charge in [0.05, 0.1) is 0 Å². The molecular weight excluding hydrogens is 212 g/mol. The molecule has 4 heteroatoms. The average Bonchev–Trinajstić information content (AvgIpc) is 2.31. The van der Waals surface area contributed by atoms with Gasteiger partial charge in [0.25, 0.3) is 0 Å². The molecule has 0 atom stereocenters. The second-order valence-corrected chi connectivity index (χ2v) is 4.09. The zero-order valence-corrected chi connectivity index (χ0v) is 8.20. The summed E-state index contributed by atoms with van der Waals surface area (Å²) in [5.74, 6) is 0.971. The van der Waals surface area contributed by atoms with Crippen molar-refractivity contribution in [1.82, 2.24) is 9.36 Å². The van der Waals surface area contributed by atoms with Gasteiger partial charge in [0, 0.05) is 6.42 Å². The first-order valence-electron chi connectivity index (χ1n) is 3.31. The molecule has 0 bridgehead atoms. The predicted molar refractivity (Wildman–Crippen MR) is 46.2 cm³/mol. The smallest absolute Gasteiger partial charge is 0.179 e. The second kappa shape index (κ2) is 4.03. The number of hydrogen-bond acceptors (Lipinski definition) is 3. The summed E-state index contributed by atoms with van der Waals surface area (Å²) in [4.78, 5) is 4.17. The first-order chi connectivity index (χ1) is 4.83. The van der Waals surface area contributed by atoms with Crippen molar-refractivity contribution in [3.63, 3.8) is 0 Å². The summed E-state index contributed by atoms with van der Waals surface area (Å²) in [5.41, 5.74) is 0. The molecule has 2 nitrogen and oxygen atoms in total. The summed E-state index contributed by atoms with van der Waals surface area (Å²) in [7, 11) is 0. The van der Waals surface area contributed by atoms with Crippen LogP contribution in [0.5, 0.6) is 0 Å². The molecule has 0 fully saturated rings. The van der Waals surface area contributed by atoms with Crippen LogP contribution in [0, 0.1) is 0 Å². The van der Waals surface area contributed by atoms with Crippen LogP contribution in [0.2, 0.25) is 0 Å². The van der Waals surface area contributed by atoms with Gasteiger partial charge in [0.15, 0.2) is 3.92 Å². The average molecular weight is 221 g/mol. The molecule has 1 rings (SSSR count). The number of rotatable bonds is 3. The summed E-state index contributed by atoms with van der Waals surface area (Å²) in [6.07, 6.45) is 3.40. The predicted octanol–water partition coefficient (Wildman–Crippen LogP) is 2.64. The minimum absolute atomic E-state index is 0.888. The summed E-state index contributed by atoms with van der Waals surface area (Å²) < 4.78 is 5.02. The van der Waals surface area contributed by atoms with E-state index < -0.39 is 0 Å². The molecular formula is C6H9BrN2S. The number of halogens is 1. The van der Waals surface area contributed by atoms with Gasteiger partial charge in [0.1, 0.15) is 5.82 Å². The van der Waals surface area contributed by atoms with Gasteiger partial charge in [-0.05, 0) is 33.9 Å². The van der Waals surface area contributed by atoms with Crippen LogP contribution in [0.25, 0.3) is 0 Å². The first-order valence-corrected chi connectivity index (χ1v) is 4.87. The fourth-order valence-electron chi connectivity index (χ4n) is 0.669. The Morgan fingerprint density at radius 1 is 1.60 bits per heavy atom. The molecule has 0 aliphatic carbocycles. The molecule has 1 aromatic rings. The largest absolute Gasteiger partial charge is 0.212 e. The van der Waals surface area contributed by atoms with Crippen LogP contribution in [-0.2, 0) is 6.42 Å². The van der Waals surface area contributed by atoms with Gasteiger partial charge in [-0.15, -0.1) is 0 Å². The highest BCUT2D eigenvalue weighted by Gasteiger charge is 1.98. The van der Waals surface area contributed by atoms with Gasteiger partial charge in [-0.3, -0.25) is 0 Å². The van der Waals surface area contributed by atoms with Gasteiger partial charge in [-0.1, -0.05) is 13.3 Å². The van der Waals surface area contributed by atoms with Crippen LogP contribution in [0.1, 0.15) is 25.6 Å². The van der Waals surface area contributed by atoms with E-state index in [0.29, 0.717) is 0 Å². The molecule has 1 aromatic heterocycles. The fraction of sp³-hybridized carbons (Fsp3) is 0.667. The third-order valence-electron chi connectivity index (χ3n) is 1.20. The highest BCUT2D eigenvalue weighted by atomic mass is 79.9. The first kappa shape index (κ1) is 8.14. The Balaban J connectivity index is 2.42. The zero-order valence-electron chi connectivity index (χ0n) is 5.80. The minimum atomic E-state index is 0.888. The van der Waals surface area contributed by atoms with Gasteiger partial charge >= 0.3 is 0 Å². The van der Waals surface area contributed by atoms with Crippen molar-refractivity contribution in [2.45, 2.75) is 26.2 Å². The molecule has 56 valence electrons. The summed E-state index contributed by atoms with van der Waals surface area (Å²) >= 11 is 4.68. The SMILES string of the molecule is CCCCc1nsc(Br)n1. The van der Waals surface area contributed by atoms with Crippen LogP contribution in [0.3, 0.4) is 0 Å². The number of aryl methyl sites for hydroxylation is 1. The van der Waals surface area contributed by atoms with E-state index >= 15 is 0 Å². The Hall–Kier alpha value is 0.0400. The van der Waals surface area contributed by atoms with E-state index in [-0.39, 0.29) is 0 Å². The van der Waals surface area contributed by atoms with Crippen LogP contribution in [-0.4, -0.2) is 9.36 Å². The van der Waals surface area contributed by atoms with Gasteiger partial charge in [-0.25, -0.2) is 4.98 Å². The summed E-state index contributed by atoms with van der Waals surface area (Å²) in [6, 6.07) is 0. The van der Waals surface area contributed by atoms with Crippen molar-refractivity contribution in [1.29, 1.82) is 0 Å². The quantitative estimate of drug-likeness (QED) is 0.784. The molecule has 0 saturated heterocycles. The maximum absolute atomic E-state index is 4.17. The fourth-order valence-corrected chi connectivity index (χ4v) is 1.55. The molecule has 0 N–H and O–H groups in total. The minimum Gasteiger partial charge on any atom is -0.212 e. The van der Waals surface area contributed by atoms with Crippen molar-refractivity contribution in [2.75, 3.05) is 0 Å². The molecule has 0 spiro atoms. The molecule has 0 aliphatic heterocycles. The second-order valence-electron chi connectivity index (χ2n) is 2.07. The number of unbranched alkanes of at least 4 members (excludes halogenated alkanes) is 1. The van der Waals surface area contributed by atoms with Crippen LogP contribution >= 0.6 is 27.5 Å². The standard InChI is InChI=1S/C6H9BrN2S/c1-2-3-4-5-8-6(7)10-9-5/h2-4H2,1H3. The maximum atomic E-state index is 4.17. The van der Waals surface area contributed by atoms with E-state index in [1.807, 2.05) is 0 Å². The lowest BCUT2D eigenvalue weighted by Crippen LogP contribution is -1.85. The molecule has 10 heavy (non-hydrogen) atoms. The lowest BCUT2D eigenvalue weighted by atomic mass is 10.2. The van der Waals surface area contributed by atoms with E-state index in [2.05, 4.69) is 32.2 Å². The van der Waals surface area contributed by atoms with E-state index in [1.54, 1.807) is 0 Å². The van der Waals surface area contributed by atoms with E-state index in [1.165, 1.54) is 24.4 Å². The van der Waals surface area contributed by atoms with Gasteiger partial charge in [-0.2, -0.15) is 4.37 Å². The highest BCUT2D eigenvalue weighted by Crippen LogP contribution is 2.12. The van der Waals surface area contributed by atoms with E-state index in [0.717, 1.165) is 16.2 Å². The third-order valence-corrected chi connectivity index (χ3v) is 2.35.